The van der Waals surface area contributed by atoms with Gasteiger partial charge in [-0.15, -0.1) is 0 Å². The van der Waals surface area contributed by atoms with E-state index >= 15 is 0 Å². The van der Waals surface area contributed by atoms with Crippen LogP contribution in [-0.4, -0.2) is 85.7 Å². The van der Waals surface area contributed by atoms with Gasteiger partial charge < -0.3 is 29.8 Å². The summed E-state index contributed by atoms with van der Waals surface area (Å²) < 4.78 is 57.5. The average Bonchev–Trinajstić information content (AvgIpc) is 3.62. The van der Waals surface area contributed by atoms with E-state index in [1.165, 1.54) is 37.7 Å². The number of alkyl halides is 3. The van der Waals surface area contributed by atoms with Gasteiger partial charge in [-0.3, -0.25) is 19.2 Å². The first kappa shape index (κ1) is 35.7. The number of pyridine rings is 1. The average molecular weight is 679 g/mol. The number of likely N-dealkylation sites (tertiary alicyclic amines) is 1. The fraction of sp³-hybridized carbons (Fsp3) is 0.500. The number of carbonyl (C=O) groups excluding carboxylic acids is 4. The molecule has 1 fully saturated rings. The van der Waals surface area contributed by atoms with Crippen molar-refractivity contribution in [3.63, 3.8) is 0 Å². The van der Waals surface area contributed by atoms with Crippen LogP contribution < -0.4 is 16.0 Å². The lowest BCUT2D eigenvalue weighted by Gasteiger charge is -2.33. The van der Waals surface area contributed by atoms with Crippen LogP contribution in [0.2, 0.25) is 0 Å². The number of nitrogens with two attached hydrogens (primary N) is 1. The van der Waals surface area contributed by atoms with Crippen molar-refractivity contribution in [3.05, 3.63) is 42.2 Å². The number of carbonyl (C=O) groups is 4. The van der Waals surface area contributed by atoms with Crippen molar-refractivity contribution in [2.45, 2.75) is 77.8 Å². The van der Waals surface area contributed by atoms with E-state index in [-0.39, 0.29) is 34.6 Å². The molecule has 4 rings (SSSR count). The Bertz CT molecular complexity index is 1670. The van der Waals surface area contributed by atoms with Crippen molar-refractivity contribution in [3.8, 4) is 11.5 Å². The highest BCUT2D eigenvalue weighted by Crippen LogP contribution is 2.29. The molecule has 0 atom stereocenters. The predicted octanol–water partition coefficient (Wildman–Crippen LogP) is 5.16. The second-order valence-electron chi connectivity index (χ2n) is 13.0. The Kier molecular flexibility index (Phi) is 10.1. The molecule has 3 N–H and O–H groups in total. The van der Waals surface area contributed by atoms with E-state index in [1.807, 2.05) is 0 Å². The van der Waals surface area contributed by atoms with Crippen LogP contribution in [0.15, 0.2) is 35.2 Å². The number of rotatable bonds is 7. The molecule has 0 unspecified atom stereocenters. The number of primary amides is 1. The third-order valence-electron chi connectivity index (χ3n) is 6.66. The topological polar surface area (TPSA) is 188 Å². The van der Waals surface area contributed by atoms with Crippen molar-refractivity contribution in [1.29, 1.82) is 0 Å². The number of halogens is 3. The smallest absolute Gasteiger partial charge is 0.416 e. The van der Waals surface area contributed by atoms with E-state index in [0.717, 1.165) is 18.5 Å². The number of nitrogens with zero attached hydrogens (tertiary/aromatic N) is 6. The number of anilines is 2. The van der Waals surface area contributed by atoms with Gasteiger partial charge in [0, 0.05) is 31.0 Å². The van der Waals surface area contributed by atoms with Crippen molar-refractivity contribution >= 4 is 35.5 Å². The first-order chi connectivity index (χ1) is 22.2. The molecule has 0 radical (unpaired) electrons. The highest BCUT2D eigenvalue weighted by molar-refractivity contribution is 6.07. The van der Waals surface area contributed by atoms with Gasteiger partial charge in [0.05, 0.1) is 11.7 Å². The van der Waals surface area contributed by atoms with E-state index in [4.69, 9.17) is 19.6 Å². The second-order valence-corrected chi connectivity index (χ2v) is 13.0. The number of oxazole rings is 1. The number of amides is 4. The van der Waals surface area contributed by atoms with E-state index in [2.05, 4.69) is 20.4 Å². The maximum absolute atomic E-state index is 13.4. The Morgan fingerprint density at radius 2 is 1.71 bits per heavy atom. The van der Waals surface area contributed by atoms with Crippen LogP contribution in [-0.2, 0) is 9.47 Å². The van der Waals surface area contributed by atoms with Crippen LogP contribution in [0.3, 0.4) is 0 Å². The molecule has 3 aromatic rings. The molecule has 260 valence electrons. The van der Waals surface area contributed by atoms with Crippen LogP contribution in [0.1, 0.15) is 81.4 Å². The van der Waals surface area contributed by atoms with Crippen molar-refractivity contribution in [2.24, 2.45) is 5.73 Å². The molecule has 1 saturated heterocycles. The minimum atomic E-state index is -4.77. The van der Waals surface area contributed by atoms with Crippen molar-refractivity contribution < 1.29 is 46.2 Å². The number of aromatic nitrogens is 4. The molecule has 0 bridgehead atoms. The van der Waals surface area contributed by atoms with Gasteiger partial charge in [-0.1, -0.05) is 0 Å². The van der Waals surface area contributed by atoms with Crippen molar-refractivity contribution in [2.75, 3.05) is 29.9 Å². The molecule has 0 spiro atoms. The SMILES string of the molecule is CC(C)(C)OC(=O)N1CCC(n2cc(NC(=O)c3coc(-c4ccnc(N(CC(F)(F)F)C(=O)OC(C)(C)C)c4)n3)c(C(N)=O)n2)CC1. The van der Waals surface area contributed by atoms with Crippen LogP contribution in [0.25, 0.3) is 11.5 Å². The number of nitrogens with one attached hydrogen (secondary N) is 1. The summed E-state index contributed by atoms with van der Waals surface area (Å²) >= 11 is 0. The first-order valence-corrected chi connectivity index (χ1v) is 14.9. The van der Waals surface area contributed by atoms with Gasteiger partial charge in [-0.25, -0.2) is 19.6 Å². The zero-order valence-electron chi connectivity index (χ0n) is 27.3. The molecule has 1 aliphatic heterocycles. The molecular formula is C30H37F3N8O7. The zero-order valence-corrected chi connectivity index (χ0v) is 27.3. The minimum Gasteiger partial charge on any atom is -0.444 e. The van der Waals surface area contributed by atoms with Gasteiger partial charge in [0.2, 0.25) is 5.89 Å². The summed E-state index contributed by atoms with van der Waals surface area (Å²) in [5.74, 6) is -2.25. The molecule has 4 amide bonds. The Morgan fingerprint density at radius 3 is 2.29 bits per heavy atom. The summed E-state index contributed by atoms with van der Waals surface area (Å²) in [6.45, 7) is 8.97. The molecular weight excluding hydrogens is 641 g/mol. The zero-order chi connectivity index (χ0) is 35.6. The second kappa shape index (κ2) is 13.5. The molecule has 48 heavy (non-hydrogen) atoms. The Balaban J connectivity index is 1.49. The maximum atomic E-state index is 13.4. The highest BCUT2D eigenvalue weighted by atomic mass is 19.4. The summed E-state index contributed by atoms with van der Waals surface area (Å²) in [5, 5.41) is 6.81. The molecule has 15 nitrogen and oxygen atoms in total. The van der Waals surface area contributed by atoms with Gasteiger partial charge in [0.1, 0.15) is 29.8 Å². The Morgan fingerprint density at radius 1 is 1.06 bits per heavy atom. The van der Waals surface area contributed by atoms with Gasteiger partial charge in [0.25, 0.3) is 11.8 Å². The quantitative estimate of drug-likeness (QED) is 0.338. The van der Waals surface area contributed by atoms with Crippen molar-refractivity contribution in [1.82, 2.24) is 24.6 Å². The predicted molar refractivity (Wildman–Crippen MR) is 164 cm³/mol. The molecule has 18 heteroatoms. The van der Waals surface area contributed by atoms with Gasteiger partial charge in [-0.2, -0.15) is 18.3 Å². The number of hydrogen-bond acceptors (Lipinski definition) is 10. The third-order valence-corrected chi connectivity index (χ3v) is 6.66. The maximum Gasteiger partial charge on any atom is 0.416 e. The molecule has 0 saturated carbocycles. The molecule has 1 aliphatic rings. The Labute approximate surface area is 273 Å². The lowest BCUT2D eigenvalue weighted by Crippen LogP contribution is -2.42. The minimum absolute atomic E-state index is 0.0120. The van der Waals surface area contributed by atoms with E-state index in [9.17, 15) is 32.3 Å². The van der Waals surface area contributed by atoms with Gasteiger partial charge >= 0.3 is 18.4 Å². The molecule has 0 aromatic carbocycles. The number of ether oxygens (including phenoxy) is 2. The normalized spacial score (nSPS) is 14.4. The summed E-state index contributed by atoms with van der Waals surface area (Å²) in [6.07, 6.45) is -1.85. The lowest BCUT2D eigenvalue weighted by atomic mass is 10.1. The van der Waals surface area contributed by atoms with E-state index in [1.54, 1.807) is 25.7 Å². The van der Waals surface area contributed by atoms with Crippen LogP contribution in [0.4, 0.5) is 34.3 Å². The summed E-state index contributed by atoms with van der Waals surface area (Å²) in [7, 11) is 0. The van der Waals surface area contributed by atoms with Gasteiger partial charge in [-0.05, 0) is 66.5 Å². The summed E-state index contributed by atoms with van der Waals surface area (Å²) in [5.41, 5.74) is 3.49. The third kappa shape index (κ3) is 9.45. The lowest BCUT2D eigenvalue weighted by molar-refractivity contribution is -0.119. The summed E-state index contributed by atoms with van der Waals surface area (Å²) in [6, 6.07) is 2.29. The monoisotopic (exact) mass is 678 g/mol. The summed E-state index contributed by atoms with van der Waals surface area (Å²) in [4.78, 5) is 60.3. The fourth-order valence-corrected chi connectivity index (χ4v) is 4.62. The van der Waals surface area contributed by atoms with Gasteiger partial charge in [0.15, 0.2) is 11.4 Å². The first-order valence-electron chi connectivity index (χ1n) is 14.9. The van der Waals surface area contributed by atoms with E-state index in [0.29, 0.717) is 30.8 Å². The molecule has 0 aliphatic carbocycles. The molecule has 3 aromatic heterocycles. The van der Waals surface area contributed by atoms with Crippen LogP contribution in [0, 0.1) is 0 Å². The standard InChI is InChI=1S/C30H37F3N8O7/c1-28(2,3)47-26(44)39-11-8-18(9-12-39)41-14-19(22(38-41)23(34)42)36-24(43)20-15-46-25(37-20)17-7-10-35-21(13-17)40(16-30(31,32)33)27(45)48-29(4,5)6/h7,10,13-15,18H,8-9,11-12,16H2,1-6H3,(H2,34,42)(H,36,43). The fourth-order valence-electron chi connectivity index (χ4n) is 4.62. The Hall–Kier alpha value is -5.16. The molecule has 4 heterocycles. The number of piperidine rings is 1. The van der Waals surface area contributed by atoms with Crippen LogP contribution >= 0.6 is 0 Å². The highest BCUT2D eigenvalue weighted by Gasteiger charge is 2.37. The number of hydrogen-bond donors (Lipinski definition) is 2. The van der Waals surface area contributed by atoms with E-state index < -0.39 is 53.7 Å². The largest absolute Gasteiger partial charge is 0.444 e. The van der Waals surface area contributed by atoms with Crippen LogP contribution in [0.5, 0.6) is 0 Å².